The largest absolute Gasteiger partial charge is 0.872 e. The van der Waals surface area contributed by atoms with Gasteiger partial charge >= 0.3 is 0 Å². The highest BCUT2D eigenvalue weighted by Crippen LogP contribution is 2.12. The quantitative estimate of drug-likeness (QED) is 0.342. The SMILES string of the molecule is O=C(/C=C(\[O-])c1ccccc1)CCCCCCC(=O)/C=C(\[O-])c1ccccc1. The molecule has 0 atom stereocenters. The van der Waals surface area contributed by atoms with Crippen LogP contribution in [0.25, 0.3) is 11.5 Å². The second kappa shape index (κ2) is 11.5. The van der Waals surface area contributed by atoms with E-state index in [-0.39, 0.29) is 23.1 Å². The van der Waals surface area contributed by atoms with Crippen LogP contribution >= 0.6 is 0 Å². The van der Waals surface area contributed by atoms with Gasteiger partial charge in [-0.25, -0.2) is 0 Å². The molecule has 0 bridgehead atoms. The summed E-state index contributed by atoms with van der Waals surface area (Å²) in [4.78, 5) is 23.7. The molecule has 0 unspecified atom stereocenters. The van der Waals surface area contributed by atoms with Gasteiger partial charge < -0.3 is 10.2 Å². The summed E-state index contributed by atoms with van der Waals surface area (Å²) in [6.07, 6.45) is 5.93. The Labute approximate surface area is 165 Å². The summed E-state index contributed by atoms with van der Waals surface area (Å²) in [6.45, 7) is 0. The van der Waals surface area contributed by atoms with Gasteiger partial charge in [0.05, 0.1) is 0 Å². The summed E-state index contributed by atoms with van der Waals surface area (Å²) in [5.41, 5.74) is 1.02. The zero-order valence-electron chi connectivity index (χ0n) is 15.8. The number of ketones is 2. The highest BCUT2D eigenvalue weighted by molar-refractivity contribution is 5.95. The zero-order valence-corrected chi connectivity index (χ0v) is 15.8. The standard InChI is InChI=1S/C24H26O4/c25-21(17-23(27)19-11-5-3-6-12-19)15-9-1-2-10-16-22(26)18-24(28)20-13-7-4-8-14-20/h3-8,11-14,17-18,27-28H,1-2,9-10,15-16H2/p-2/b23-17-,24-18-. The highest BCUT2D eigenvalue weighted by Gasteiger charge is 2.01. The average Bonchev–Trinajstić information content (AvgIpc) is 2.71. The van der Waals surface area contributed by atoms with Gasteiger partial charge in [-0.05, 0) is 36.1 Å². The number of hydrogen-bond donors (Lipinski definition) is 0. The number of rotatable bonds is 11. The lowest BCUT2D eigenvalue weighted by Gasteiger charge is -2.11. The first-order valence-corrected chi connectivity index (χ1v) is 9.50. The molecule has 0 radical (unpaired) electrons. The fourth-order valence-electron chi connectivity index (χ4n) is 2.76. The van der Waals surface area contributed by atoms with Crippen LogP contribution in [0.4, 0.5) is 0 Å². The molecule has 0 aliphatic carbocycles. The number of unbranched alkanes of at least 4 members (excludes halogenated alkanes) is 3. The van der Waals surface area contributed by atoms with Gasteiger partial charge in [0.2, 0.25) is 0 Å². The van der Waals surface area contributed by atoms with E-state index in [0.29, 0.717) is 36.8 Å². The van der Waals surface area contributed by atoms with Crippen molar-refractivity contribution >= 4 is 23.1 Å². The Morgan fingerprint density at radius 3 is 1.32 bits per heavy atom. The van der Waals surface area contributed by atoms with E-state index in [9.17, 15) is 19.8 Å². The lowest BCUT2D eigenvalue weighted by atomic mass is 10.1. The molecule has 4 heteroatoms. The fraction of sp³-hybridized carbons (Fsp3) is 0.250. The van der Waals surface area contributed by atoms with E-state index in [4.69, 9.17) is 0 Å². The van der Waals surface area contributed by atoms with Crippen molar-refractivity contribution in [2.24, 2.45) is 0 Å². The van der Waals surface area contributed by atoms with Gasteiger partial charge in [0.1, 0.15) is 0 Å². The molecule has 0 aromatic heterocycles. The van der Waals surface area contributed by atoms with E-state index < -0.39 is 0 Å². The Kier molecular flexibility index (Phi) is 8.73. The maximum atomic E-state index is 11.9. The molecule has 0 saturated heterocycles. The molecular formula is C24H24O4-2. The molecule has 0 spiro atoms. The summed E-state index contributed by atoms with van der Waals surface area (Å²) in [5.74, 6) is -0.886. The Hall–Kier alpha value is -3.14. The lowest BCUT2D eigenvalue weighted by Crippen LogP contribution is -2.06. The predicted octanol–water partition coefficient (Wildman–Crippen LogP) is 3.27. The van der Waals surface area contributed by atoms with Crippen LogP contribution in [-0.4, -0.2) is 11.6 Å². The van der Waals surface area contributed by atoms with Gasteiger partial charge in [-0.1, -0.05) is 85.0 Å². The summed E-state index contributed by atoms with van der Waals surface area (Å²) in [5, 5.41) is 23.8. The van der Waals surface area contributed by atoms with E-state index in [2.05, 4.69) is 0 Å². The van der Waals surface area contributed by atoms with Crippen LogP contribution in [0.2, 0.25) is 0 Å². The van der Waals surface area contributed by atoms with E-state index >= 15 is 0 Å². The molecule has 146 valence electrons. The second-order valence-corrected chi connectivity index (χ2v) is 6.60. The molecule has 4 nitrogen and oxygen atoms in total. The van der Waals surface area contributed by atoms with Crippen molar-refractivity contribution in [3.05, 3.63) is 83.9 Å². The molecule has 0 N–H and O–H groups in total. The van der Waals surface area contributed by atoms with Crippen LogP contribution in [0, 0.1) is 0 Å². The van der Waals surface area contributed by atoms with Crippen LogP contribution in [0.1, 0.15) is 49.7 Å². The average molecular weight is 376 g/mol. The first kappa shape index (κ1) is 21.2. The molecule has 0 heterocycles. The molecule has 0 amide bonds. The van der Waals surface area contributed by atoms with Gasteiger partial charge in [0.15, 0.2) is 11.6 Å². The van der Waals surface area contributed by atoms with E-state index in [0.717, 1.165) is 25.0 Å². The third-order valence-corrected chi connectivity index (χ3v) is 4.30. The second-order valence-electron chi connectivity index (χ2n) is 6.60. The smallest absolute Gasteiger partial charge is 0.155 e. The van der Waals surface area contributed by atoms with Crippen molar-refractivity contribution in [1.82, 2.24) is 0 Å². The Morgan fingerprint density at radius 1 is 0.607 bits per heavy atom. The van der Waals surface area contributed by atoms with Gasteiger partial charge in [-0.15, -0.1) is 0 Å². The number of hydrogen-bond acceptors (Lipinski definition) is 4. The van der Waals surface area contributed by atoms with Gasteiger partial charge in [-0.3, -0.25) is 9.59 Å². The number of benzene rings is 2. The van der Waals surface area contributed by atoms with Crippen LogP contribution in [0.15, 0.2) is 72.8 Å². The summed E-state index contributed by atoms with van der Waals surface area (Å²) < 4.78 is 0. The molecule has 2 rings (SSSR count). The molecule has 2 aromatic rings. The minimum absolute atomic E-state index is 0.174. The van der Waals surface area contributed by atoms with Crippen molar-refractivity contribution < 1.29 is 19.8 Å². The molecule has 28 heavy (non-hydrogen) atoms. The van der Waals surface area contributed by atoms with Crippen LogP contribution in [0.3, 0.4) is 0 Å². The first-order chi connectivity index (χ1) is 13.6. The molecule has 0 aliphatic heterocycles. The highest BCUT2D eigenvalue weighted by atomic mass is 16.3. The maximum Gasteiger partial charge on any atom is 0.155 e. The van der Waals surface area contributed by atoms with Crippen molar-refractivity contribution in [3.63, 3.8) is 0 Å². The Bertz CT molecular complexity index is 749. The Morgan fingerprint density at radius 2 is 0.964 bits per heavy atom. The lowest BCUT2D eigenvalue weighted by molar-refractivity contribution is -0.244. The monoisotopic (exact) mass is 376 g/mol. The third-order valence-electron chi connectivity index (χ3n) is 4.30. The van der Waals surface area contributed by atoms with Crippen LogP contribution < -0.4 is 10.2 Å². The summed E-state index contributed by atoms with van der Waals surface area (Å²) in [7, 11) is 0. The topological polar surface area (TPSA) is 80.3 Å². The molecular weight excluding hydrogens is 352 g/mol. The summed E-state index contributed by atoms with van der Waals surface area (Å²) >= 11 is 0. The number of carbonyl (C=O) groups excluding carboxylic acids is 2. The molecule has 0 saturated carbocycles. The molecule has 0 aliphatic rings. The van der Waals surface area contributed by atoms with E-state index in [1.54, 1.807) is 48.5 Å². The normalized spacial score (nSPS) is 12.0. The van der Waals surface area contributed by atoms with Crippen molar-refractivity contribution in [1.29, 1.82) is 0 Å². The van der Waals surface area contributed by atoms with Crippen molar-refractivity contribution in [3.8, 4) is 0 Å². The number of carbonyl (C=O) groups is 2. The van der Waals surface area contributed by atoms with Gasteiger partial charge in [0.25, 0.3) is 0 Å². The van der Waals surface area contributed by atoms with Crippen molar-refractivity contribution in [2.45, 2.75) is 38.5 Å². The van der Waals surface area contributed by atoms with Crippen LogP contribution in [0.5, 0.6) is 0 Å². The molecule has 0 fully saturated rings. The predicted molar refractivity (Wildman–Crippen MR) is 107 cm³/mol. The van der Waals surface area contributed by atoms with E-state index in [1.807, 2.05) is 12.1 Å². The van der Waals surface area contributed by atoms with E-state index in [1.165, 1.54) is 0 Å². The maximum absolute atomic E-state index is 11.9. The number of allylic oxidation sites excluding steroid dienone is 2. The summed E-state index contributed by atoms with van der Waals surface area (Å²) in [6, 6.07) is 17.4. The minimum Gasteiger partial charge on any atom is -0.872 e. The van der Waals surface area contributed by atoms with Crippen molar-refractivity contribution in [2.75, 3.05) is 0 Å². The minimum atomic E-state index is -0.269. The van der Waals surface area contributed by atoms with Crippen LogP contribution in [-0.2, 0) is 9.59 Å². The Balaban J connectivity index is 1.62. The fourth-order valence-corrected chi connectivity index (χ4v) is 2.76. The first-order valence-electron chi connectivity index (χ1n) is 9.50. The van der Waals surface area contributed by atoms with Gasteiger partial charge in [-0.2, -0.15) is 0 Å². The molecule has 2 aromatic carbocycles. The zero-order chi connectivity index (χ0) is 20.2. The van der Waals surface area contributed by atoms with Gasteiger partial charge in [0, 0.05) is 12.8 Å². The third kappa shape index (κ3) is 7.62.